The summed E-state index contributed by atoms with van der Waals surface area (Å²) in [7, 11) is 0. The normalized spacial score (nSPS) is 12.1. The van der Waals surface area contributed by atoms with Crippen LogP contribution < -0.4 is 5.32 Å². The quantitative estimate of drug-likeness (QED) is 0.783. The minimum Gasteiger partial charge on any atom is -0.349 e. The maximum atomic E-state index is 11.7. The fourth-order valence-electron chi connectivity index (χ4n) is 1.28. The first-order valence-electron chi connectivity index (χ1n) is 5.04. The molecule has 0 saturated carbocycles. The lowest BCUT2D eigenvalue weighted by Gasteiger charge is -2.15. The molecule has 0 radical (unpaired) electrons. The van der Waals surface area contributed by atoms with Crippen molar-refractivity contribution < 1.29 is 4.79 Å². The van der Waals surface area contributed by atoms with Crippen LogP contribution in [0.15, 0.2) is 24.5 Å². The Balaban J connectivity index is 2.55. The highest BCUT2D eigenvalue weighted by Gasteiger charge is 2.11. The summed E-state index contributed by atoms with van der Waals surface area (Å²) in [6, 6.07) is 3.64. The van der Waals surface area contributed by atoms with E-state index in [1.165, 1.54) is 0 Å². The molecule has 0 saturated heterocycles. The van der Waals surface area contributed by atoms with Crippen molar-refractivity contribution in [3.63, 3.8) is 0 Å². The number of nitrogens with zero attached hydrogens (tertiary/aromatic N) is 1. The number of amides is 1. The van der Waals surface area contributed by atoms with Gasteiger partial charge in [0.15, 0.2) is 0 Å². The second-order valence-electron chi connectivity index (χ2n) is 3.30. The molecule has 1 aromatic heterocycles. The second-order valence-corrected chi connectivity index (χ2v) is 3.68. The largest absolute Gasteiger partial charge is 0.349 e. The predicted octanol–water partition coefficient (Wildman–Crippen LogP) is 2.22. The molecule has 0 aliphatic rings. The van der Waals surface area contributed by atoms with Crippen LogP contribution in [-0.4, -0.2) is 22.8 Å². The molecule has 0 aliphatic heterocycles. The number of hydrogen-bond acceptors (Lipinski definition) is 2. The SMILES string of the molecule is CCC(CCCl)NC(=O)c1cccnc1. The fraction of sp³-hybridized carbons (Fsp3) is 0.455. The van der Waals surface area contributed by atoms with E-state index in [0.29, 0.717) is 11.4 Å². The first kappa shape index (κ1) is 12.0. The molecule has 1 atom stereocenters. The van der Waals surface area contributed by atoms with Crippen molar-refractivity contribution in [1.29, 1.82) is 0 Å². The fourth-order valence-corrected chi connectivity index (χ4v) is 1.54. The van der Waals surface area contributed by atoms with Crippen molar-refractivity contribution in [3.8, 4) is 0 Å². The van der Waals surface area contributed by atoms with Crippen LogP contribution in [-0.2, 0) is 0 Å². The van der Waals surface area contributed by atoms with E-state index in [0.717, 1.165) is 12.8 Å². The standard InChI is InChI=1S/C11H15ClN2O/c1-2-10(5-6-12)14-11(15)9-4-3-7-13-8-9/h3-4,7-8,10H,2,5-6H2,1H3,(H,14,15). The first-order chi connectivity index (χ1) is 7.27. The minimum atomic E-state index is -0.0833. The average Bonchev–Trinajstić information content (AvgIpc) is 2.29. The Bertz CT molecular complexity index is 303. The van der Waals surface area contributed by atoms with Gasteiger partial charge in [-0.3, -0.25) is 9.78 Å². The number of hydrogen-bond donors (Lipinski definition) is 1. The number of rotatable bonds is 5. The smallest absolute Gasteiger partial charge is 0.253 e. The summed E-state index contributed by atoms with van der Waals surface area (Å²) in [4.78, 5) is 15.6. The summed E-state index contributed by atoms with van der Waals surface area (Å²) in [6.07, 6.45) is 4.89. The van der Waals surface area contributed by atoms with Crippen LogP contribution in [0.25, 0.3) is 0 Å². The molecule has 1 aromatic rings. The monoisotopic (exact) mass is 226 g/mol. The highest BCUT2D eigenvalue weighted by Crippen LogP contribution is 2.02. The molecule has 0 fully saturated rings. The molecule has 82 valence electrons. The van der Waals surface area contributed by atoms with Crippen LogP contribution >= 0.6 is 11.6 Å². The lowest BCUT2D eigenvalue weighted by molar-refractivity contribution is 0.0934. The Morgan fingerprint density at radius 2 is 2.47 bits per heavy atom. The summed E-state index contributed by atoms with van der Waals surface area (Å²) in [5.41, 5.74) is 0.588. The molecule has 0 spiro atoms. The van der Waals surface area contributed by atoms with Crippen LogP contribution in [0.5, 0.6) is 0 Å². The summed E-state index contributed by atoms with van der Waals surface area (Å²) in [5.74, 6) is 0.478. The Morgan fingerprint density at radius 3 is 3.00 bits per heavy atom. The molecule has 0 aliphatic carbocycles. The summed E-state index contributed by atoms with van der Waals surface area (Å²) >= 11 is 5.64. The number of nitrogens with one attached hydrogen (secondary N) is 1. The van der Waals surface area contributed by atoms with Crippen LogP contribution in [0.2, 0.25) is 0 Å². The van der Waals surface area contributed by atoms with E-state index < -0.39 is 0 Å². The van der Waals surface area contributed by atoms with Crippen molar-refractivity contribution in [2.75, 3.05) is 5.88 Å². The van der Waals surface area contributed by atoms with E-state index in [1.807, 2.05) is 6.92 Å². The maximum Gasteiger partial charge on any atom is 0.253 e. The predicted molar refractivity (Wildman–Crippen MR) is 61.1 cm³/mol. The van der Waals surface area contributed by atoms with E-state index in [-0.39, 0.29) is 11.9 Å². The zero-order valence-corrected chi connectivity index (χ0v) is 9.50. The van der Waals surface area contributed by atoms with Gasteiger partial charge in [0.2, 0.25) is 0 Å². The highest BCUT2D eigenvalue weighted by molar-refractivity contribution is 6.17. The molecular weight excluding hydrogens is 212 g/mol. The van der Waals surface area contributed by atoms with Gasteiger partial charge >= 0.3 is 0 Å². The number of carbonyl (C=O) groups is 1. The van der Waals surface area contributed by atoms with Gasteiger partial charge in [0.1, 0.15) is 0 Å². The van der Waals surface area contributed by atoms with E-state index in [2.05, 4.69) is 10.3 Å². The van der Waals surface area contributed by atoms with Gasteiger partial charge in [-0.1, -0.05) is 6.92 Å². The molecule has 1 rings (SSSR count). The summed E-state index contributed by atoms with van der Waals surface area (Å²) in [5, 5.41) is 2.92. The van der Waals surface area contributed by atoms with E-state index in [1.54, 1.807) is 24.5 Å². The zero-order chi connectivity index (χ0) is 11.1. The Morgan fingerprint density at radius 1 is 1.67 bits per heavy atom. The van der Waals surface area contributed by atoms with Gasteiger partial charge in [-0.05, 0) is 25.0 Å². The molecule has 15 heavy (non-hydrogen) atoms. The second kappa shape index (κ2) is 6.40. The number of pyridine rings is 1. The van der Waals surface area contributed by atoms with Crippen LogP contribution in [0.3, 0.4) is 0 Å². The zero-order valence-electron chi connectivity index (χ0n) is 8.74. The summed E-state index contributed by atoms with van der Waals surface area (Å²) < 4.78 is 0. The van der Waals surface area contributed by atoms with Gasteiger partial charge in [-0.25, -0.2) is 0 Å². The van der Waals surface area contributed by atoms with Gasteiger partial charge in [0, 0.05) is 24.3 Å². The van der Waals surface area contributed by atoms with Crippen molar-refractivity contribution in [2.45, 2.75) is 25.8 Å². The Labute approximate surface area is 94.9 Å². The molecule has 1 N–H and O–H groups in total. The van der Waals surface area contributed by atoms with Crippen molar-refractivity contribution in [3.05, 3.63) is 30.1 Å². The molecule has 1 heterocycles. The summed E-state index contributed by atoms with van der Waals surface area (Å²) in [6.45, 7) is 2.03. The number of halogens is 1. The molecule has 1 unspecified atom stereocenters. The number of alkyl halides is 1. The number of carbonyl (C=O) groups excluding carboxylic acids is 1. The third-order valence-electron chi connectivity index (χ3n) is 2.21. The van der Waals surface area contributed by atoms with Crippen molar-refractivity contribution in [2.24, 2.45) is 0 Å². The minimum absolute atomic E-state index is 0.0833. The first-order valence-corrected chi connectivity index (χ1v) is 5.58. The van der Waals surface area contributed by atoms with Crippen molar-refractivity contribution >= 4 is 17.5 Å². The Kier molecular flexibility index (Phi) is 5.12. The third-order valence-corrected chi connectivity index (χ3v) is 2.43. The molecule has 0 aromatic carbocycles. The van der Waals surface area contributed by atoms with Crippen LogP contribution in [0, 0.1) is 0 Å². The lowest BCUT2D eigenvalue weighted by atomic mass is 10.1. The lowest BCUT2D eigenvalue weighted by Crippen LogP contribution is -2.34. The molecular formula is C11H15ClN2O. The Hall–Kier alpha value is -1.09. The van der Waals surface area contributed by atoms with Gasteiger partial charge < -0.3 is 5.32 Å². The van der Waals surface area contributed by atoms with E-state index in [4.69, 9.17) is 11.6 Å². The molecule has 1 amide bonds. The van der Waals surface area contributed by atoms with Gasteiger partial charge in [0.25, 0.3) is 5.91 Å². The molecule has 0 bridgehead atoms. The number of aromatic nitrogens is 1. The van der Waals surface area contributed by atoms with Gasteiger partial charge in [-0.15, -0.1) is 11.6 Å². The molecule has 4 heteroatoms. The molecule has 3 nitrogen and oxygen atoms in total. The van der Waals surface area contributed by atoms with Crippen molar-refractivity contribution in [1.82, 2.24) is 10.3 Å². The maximum absolute atomic E-state index is 11.7. The van der Waals surface area contributed by atoms with Crippen LogP contribution in [0.4, 0.5) is 0 Å². The van der Waals surface area contributed by atoms with Crippen LogP contribution in [0.1, 0.15) is 30.1 Å². The van der Waals surface area contributed by atoms with E-state index >= 15 is 0 Å². The van der Waals surface area contributed by atoms with Gasteiger partial charge in [0.05, 0.1) is 5.56 Å². The van der Waals surface area contributed by atoms with Gasteiger partial charge in [-0.2, -0.15) is 0 Å². The third kappa shape index (κ3) is 3.88. The van der Waals surface area contributed by atoms with E-state index in [9.17, 15) is 4.79 Å². The average molecular weight is 227 g/mol. The highest BCUT2D eigenvalue weighted by atomic mass is 35.5. The topological polar surface area (TPSA) is 42.0 Å².